The summed E-state index contributed by atoms with van der Waals surface area (Å²) in [6, 6.07) is 0. The van der Waals surface area contributed by atoms with Crippen molar-refractivity contribution < 1.29 is 9.90 Å². The molecule has 1 heterocycles. The number of nitrogens with two attached hydrogens (primary N) is 1. The van der Waals surface area contributed by atoms with Crippen LogP contribution in [0.5, 0.6) is 0 Å². The van der Waals surface area contributed by atoms with E-state index in [0.717, 1.165) is 0 Å². The second-order valence-electron chi connectivity index (χ2n) is 1.91. The molecular formula is C5H8ClN3O2. The minimum Gasteiger partial charge on any atom is -0.477 e. The summed E-state index contributed by atoms with van der Waals surface area (Å²) in [6.45, 7) is 1.60. The van der Waals surface area contributed by atoms with Gasteiger partial charge in [0, 0.05) is 5.69 Å². The van der Waals surface area contributed by atoms with Gasteiger partial charge in [-0.15, -0.1) is 12.4 Å². The number of hydrogen-bond donors (Lipinski definition) is 3. The van der Waals surface area contributed by atoms with Crippen LogP contribution in [0.25, 0.3) is 0 Å². The van der Waals surface area contributed by atoms with Crippen LogP contribution in [-0.4, -0.2) is 21.3 Å². The summed E-state index contributed by atoms with van der Waals surface area (Å²) in [5.41, 5.74) is 5.75. The number of nitrogens with one attached hydrogen (secondary N) is 1. The number of aryl methyl sites for hydroxylation is 1. The number of aromatic amines is 1. The Hall–Kier alpha value is -1.23. The number of nitrogens with zero attached hydrogens (tertiary/aromatic N) is 1. The van der Waals surface area contributed by atoms with E-state index in [-0.39, 0.29) is 23.8 Å². The van der Waals surface area contributed by atoms with Gasteiger partial charge in [0.2, 0.25) is 0 Å². The normalized spacial score (nSPS) is 8.82. The van der Waals surface area contributed by atoms with Crippen molar-refractivity contribution in [2.75, 3.05) is 5.73 Å². The van der Waals surface area contributed by atoms with Gasteiger partial charge in [0.25, 0.3) is 0 Å². The Morgan fingerprint density at radius 1 is 1.73 bits per heavy atom. The van der Waals surface area contributed by atoms with Gasteiger partial charge in [0.1, 0.15) is 5.56 Å². The number of hydrogen-bond acceptors (Lipinski definition) is 3. The fraction of sp³-hybridized carbons (Fsp3) is 0.200. The van der Waals surface area contributed by atoms with Crippen LogP contribution < -0.4 is 5.73 Å². The lowest BCUT2D eigenvalue weighted by Crippen LogP contribution is -2.01. The van der Waals surface area contributed by atoms with E-state index < -0.39 is 5.97 Å². The van der Waals surface area contributed by atoms with Crippen LogP contribution in [0.2, 0.25) is 0 Å². The number of nitrogen functional groups attached to an aromatic ring is 1. The first kappa shape index (κ1) is 9.77. The first-order valence-corrected chi connectivity index (χ1v) is 2.66. The predicted octanol–water partition coefficient (Wildman–Crippen LogP) is 0.420. The van der Waals surface area contributed by atoms with Crippen LogP contribution in [0.1, 0.15) is 16.1 Å². The molecule has 11 heavy (non-hydrogen) atoms. The van der Waals surface area contributed by atoms with Crippen molar-refractivity contribution in [2.24, 2.45) is 0 Å². The van der Waals surface area contributed by atoms with Gasteiger partial charge < -0.3 is 10.8 Å². The lowest BCUT2D eigenvalue weighted by atomic mass is 10.2. The zero-order valence-electron chi connectivity index (χ0n) is 5.79. The number of rotatable bonds is 1. The zero-order chi connectivity index (χ0) is 7.72. The maximum Gasteiger partial charge on any atom is 0.341 e. The summed E-state index contributed by atoms with van der Waals surface area (Å²) in [4.78, 5) is 10.4. The monoisotopic (exact) mass is 177 g/mol. The summed E-state index contributed by atoms with van der Waals surface area (Å²) < 4.78 is 0. The Morgan fingerprint density at radius 2 is 2.27 bits per heavy atom. The molecule has 1 aromatic rings. The molecule has 0 unspecified atom stereocenters. The van der Waals surface area contributed by atoms with E-state index in [9.17, 15) is 4.79 Å². The van der Waals surface area contributed by atoms with Crippen molar-refractivity contribution in [1.29, 1.82) is 0 Å². The second-order valence-corrected chi connectivity index (χ2v) is 1.91. The minimum absolute atomic E-state index is 0. The molecule has 0 atom stereocenters. The molecule has 0 spiro atoms. The third-order valence-electron chi connectivity index (χ3n) is 1.19. The second kappa shape index (κ2) is 3.25. The summed E-state index contributed by atoms with van der Waals surface area (Å²) in [5.74, 6) is -1.02. The number of H-pyrrole nitrogens is 1. The highest BCUT2D eigenvalue weighted by atomic mass is 35.5. The largest absolute Gasteiger partial charge is 0.477 e. The van der Waals surface area contributed by atoms with Gasteiger partial charge in [-0.05, 0) is 6.92 Å². The first-order chi connectivity index (χ1) is 4.63. The average molecular weight is 178 g/mol. The topological polar surface area (TPSA) is 92.0 Å². The van der Waals surface area contributed by atoms with Gasteiger partial charge in [-0.3, -0.25) is 5.10 Å². The molecule has 0 aromatic carbocycles. The number of halogens is 1. The zero-order valence-corrected chi connectivity index (χ0v) is 6.60. The maximum atomic E-state index is 10.4. The van der Waals surface area contributed by atoms with Gasteiger partial charge in [-0.1, -0.05) is 0 Å². The van der Waals surface area contributed by atoms with Gasteiger partial charge in [-0.25, -0.2) is 4.79 Å². The van der Waals surface area contributed by atoms with Crippen molar-refractivity contribution in [2.45, 2.75) is 6.92 Å². The highest BCUT2D eigenvalue weighted by molar-refractivity contribution is 5.93. The molecular weight excluding hydrogens is 170 g/mol. The van der Waals surface area contributed by atoms with Crippen LogP contribution in [-0.2, 0) is 0 Å². The molecule has 0 amide bonds. The Labute approximate surface area is 69.0 Å². The van der Waals surface area contributed by atoms with Crippen molar-refractivity contribution >= 4 is 24.2 Å². The van der Waals surface area contributed by atoms with E-state index >= 15 is 0 Å². The number of carboxylic acids is 1. The molecule has 0 fully saturated rings. The average Bonchev–Trinajstić information content (AvgIpc) is 2.11. The van der Waals surface area contributed by atoms with Crippen molar-refractivity contribution in [3.05, 3.63) is 11.3 Å². The van der Waals surface area contributed by atoms with Crippen molar-refractivity contribution in [1.82, 2.24) is 10.2 Å². The molecule has 0 radical (unpaired) electrons. The van der Waals surface area contributed by atoms with Crippen LogP contribution >= 0.6 is 12.4 Å². The third-order valence-corrected chi connectivity index (χ3v) is 1.19. The standard InChI is InChI=1S/C5H7N3O2.ClH/c1-2-3(5(9)10)4(6)8-7-2;/h1H3,(H,9,10)(H3,6,7,8);1H. The highest BCUT2D eigenvalue weighted by Gasteiger charge is 2.13. The molecule has 5 nitrogen and oxygen atoms in total. The quantitative estimate of drug-likeness (QED) is 0.580. The number of carbonyl (C=O) groups is 1. The van der Waals surface area contributed by atoms with E-state index in [4.69, 9.17) is 10.8 Å². The van der Waals surface area contributed by atoms with E-state index in [1.165, 1.54) is 0 Å². The molecule has 0 bridgehead atoms. The SMILES string of the molecule is Cc1[nH]nc(N)c1C(=O)O.Cl. The predicted molar refractivity (Wildman–Crippen MR) is 41.9 cm³/mol. The van der Waals surface area contributed by atoms with Crippen LogP contribution in [0.4, 0.5) is 5.82 Å². The molecule has 4 N–H and O–H groups in total. The number of aromatic carboxylic acids is 1. The number of aromatic nitrogens is 2. The van der Waals surface area contributed by atoms with Crippen molar-refractivity contribution in [3.8, 4) is 0 Å². The van der Waals surface area contributed by atoms with E-state index in [0.29, 0.717) is 5.69 Å². The fourth-order valence-electron chi connectivity index (χ4n) is 0.718. The highest BCUT2D eigenvalue weighted by Crippen LogP contribution is 2.10. The summed E-state index contributed by atoms with van der Waals surface area (Å²) in [6.07, 6.45) is 0. The van der Waals surface area contributed by atoms with Crippen LogP contribution in [0, 0.1) is 6.92 Å². The molecule has 0 aliphatic heterocycles. The molecule has 0 aliphatic carbocycles. The Bertz CT molecular complexity index is 251. The lowest BCUT2D eigenvalue weighted by molar-refractivity contribution is 0.0697. The molecule has 1 rings (SSSR count). The molecule has 0 saturated carbocycles. The van der Waals surface area contributed by atoms with Gasteiger partial charge in [0.15, 0.2) is 5.82 Å². The maximum absolute atomic E-state index is 10.4. The Balaban J connectivity index is 0.000001000. The summed E-state index contributed by atoms with van der Waals surface area (Å²) in [7, 11) is 0. The molecule has 1 aromatic heterocycles. The van der Waals surface area contributed by atoms with Crippen molar-refractivity contribution in [3.63, 3.8) is 0 Å². The summed E-state index contributed by atoms with van der Waals surface area (Å²) in [5, 5.41) is 14.5. The Morgan fingerprint density at radius 3 is 2.45 bits per heavy atom. The van der Waals surface area contributed by atoms with E-state index in [2.05, 4.69) is 10.2 Å². The van der Waals surface area contributed by atoms with Gasteiger partial charge in [-0.2, -0.15) is 5.10 Å². The third kappa shape index (κ3) is 1.62. The Kier molecular flexibility index (Phi) is 2.88. The van der Waals surface area contributed by atoms with Crippen LogP contribution in [0.15, 0.2) is 0 Å². The van der Waals surface area contributed by atoms with E-state index in [1.807, 2.05) is 0 Å². The van der Waals surface area contributed by atoms with Crippen LogP contribution in [0.3, 0.4) is 0 Å². The van der Waals surface area contributed by atoms with Gasteiger partial charge >= 0.3 is 5.97 Å². The number of anilines is 1. The summed E-state index contributed by atoms with van der Waals surface area (Å²) >= 11 is 0. The smallest absolute Gasteiger partial charge is 0.341 e. The molecule has 62 valence electrons. The molecule has 6 heteroatoms. The fourth-order valence-corrected chi connectivity index (χ4v) is 0.718. The molecule has 0 saturated heterocycles. The minimum atomic E-state index is -1.05. The lowest BCUT2D eigenvalue weighted by Gasteiger charge is -1.89. The molecule has 0 aliphatic rings. The number of carboxylic acid groups (broad SMARTS) is 1. The van der Waals surface area contributed by atoms with E-state index in [1.54, 1.807) is 6.92 Å². The van der Waals surface area contributed by atoms with Gasteiger partial charge in [0.05, 0.1) is 0 Å². The first-order valence-electron chi connectivity index (χ1n) is 2.66.